The van der Waals surface area contributed by atoms with Gasteiger partial charge in [0.25, 0.3) is 0 Å². The Morgan fingerprint density at radius 3 is 1.12 bits per heavy atom. The molecule has 42 heavy (non-hydrogen) atoms. The molecule has 0 aromatic carbocycles. The molecule has 2 saturated carbocycles. The van der Waals surface area contributed by atoms with E-state index in [1.54, 1.807) is 14.1 Å². The van der Waals surface area contributed by atoms with Crippen molar-refractivity contribution >= 4 is 24.0 Å². The summed E-state index contributed by atoms with van der Waals surface area (Å²) in [4.78, 5) is 57.0. The molecule has 0 bridgehead atoms. The third-order valence-electron chi connectivity index (χ3n) is 7.43. The molecule has 244 valence electrons. The van der Waals surface area contributed by atoms with Gasteiger partial charge < -0.3 is 20.1 Å². The molecule has 0 aromatic rings. The molecule has 2 aliphatic carbocycles. The van der Waals surface area contributed by atoms with Crippen LogP contribution in [0.4, 0.5) is 9.59 Å². The maximum atomic E-state index is 12.0. The van der Waals surface area contributed by atoms with Crippen molar-refractivity contribution in [2.24, 2.45) is 23.7 Å². The number of ether oxygens (including phenoxy) is 2. The zero-order chi connectivity index (χ0) is 32.1. The minimum absolute atomic E-state index is 0.0349. The first-order valence-corrected chi connectivity index (χ1v) is 15.0. The van der Waals surface area contributed by atoms with E-state index in [4.69, 9.17) is 19.1 Å². The zero-order valence-corrected chi connectivity index (χ0v) is 27.5. The summed E-state index contributed by atoms with van der Waals surface area (Å²) in [5.74, 6) is 0.969. The maximum absolute atomic E-state index is 12.0. The van der Waals surface area contributed by atoms with Gasteiger partial charge >= 0.3 is 12.2 Å². The van der Waals surface area contributed by atoms with Crippen molar-refractivity contribution < 1.29 is 38.3 Å². The molecule has 2 aliphatic rings. The number of rotatable bonds is 8. The summed E-state index contributed by atoms with van der Waals surface area (Å²) in [5, 5.41) is 8.20. The predicted molar refractivity (Wildman–Crippen MR) is 159 cm³/mol. The molecule has 2 N–H and O–H groups in total. The minimum Gasteiger partial charge on any atom is -0.444 e. The van der Waals surface area contributed by atoms with Gasteiger partial charge in [-0.05, 0) is 105 Å². The molecule has 2 fully saturated rings. The zero-order valence-electron chi connectivity index (χ0n) is 27.5. The van der Waals surface area contributed by atoms with Crippen molar-refractivity contribution in [1.29, 1.82) is 0 Å². The van der Waals surface area contributed by atoms with E-state index in [2.05, 4.69) is 10.6 Å². The number of nitrogens with zero attached hydrogens (tertiary/aromatic N) is 2. The van der Waals surface area contributed by atoms with Crippen LogP contribution in [-0.4, -0.2) is 86.7 Å². The molecule has 0 radical (unpaired) electrons. The Labute approximate surface area is 252 Å². The third-order valence-corrected chi connectivity index (χ3v) is 7.43. The van der Waals surface area contributed by atoms with Crippen LogP contribution in [0.3, 0.4) is 0 Å². The average molecular weight is 601 g/mol. The molecule has 12 nitrogen and oxygen atoms in total. The molecule has 0 spiro atoms. The molecule has 12 heteroatoms. The second-order valence-electron chi connectivity index (χ2n) is 13.2. The Bertz CT molecular complexity index is 784. The maximum Gasteiger partial charge on any atom is 0.407 e. The molecule has 4 amide bonds. The fourth-order valence-corrected chi connectivity index (χ4v) is 5.00. The Kier molecular flexibility index (Phi) is 15.6. The number of alkyl carbamates (subject to hydrolysis) is 2. The number of amides is 4. The van der Waals surface area contributed by atoms with E-state index in [0.29, 0.717) is 24.9 Å². The summed E-state index contributed by atoms with van der Waals surface area (Å²) in [6.45, 7) is 12.3. The quantitative estimate of drug-likeness (QED) is 0.384. The van der Waals surface area contributed by atoms with Crippen LogP contribution in [0.25, 0.3) is 0 Å². The lowest BCUT2D eigenvalue weighted by Gasteiger charge is -2.30. The number of nitrogens with one attached hydrogen (secondary N) is 2. The number of carbonyl (C=O) groups excluding carboxylic acids is 4. The molecule has 0 aromatic heterocycles. The van der Waals surface area contributed by atoms with Crippen LogP contribution in [0.5, 0.6) is 0 Å². The lowest BCUT2D eigenvalue weighted by Crippen LogP contribution is -2.38. The van der Waals surface area contributed by atoms with Gasteiger partial charge in [0.15, 0.2) is 0 Å². The van der Waals surface area contributed by atoms with Crippen LogP contribution in [0.15, 0.2) is 0 Å². The normalized spacial score (nSPS) is 22.5. The molecule has 0 atom stereocenters. The van der Waals surface area contributed by atoms with Gasteiger partial charge in [-0.15, -0.1) is 0 Å². The van der Waals surface area contributed by atoms with E-state index in [0.717, 1.165) is 51.4 Å². The van der Waals surface area contributed by atoms with Crippen molar-refractivity contribution in [3.05, 3.63) is 0 Å². The molecule has 2 rings (SSSR count). The summed E-state index contributed by atoms with van der Waals surface area (Å²) < 4.78 is 10.4. The van der Waals surface area contributed by atoms with Crippen LogP contribution in [0, 0.1) is 23.7 Å². The highest BCUT2D eigenvalue weighted by Gasteiger charge is 2.30. The fraction of sp³-hybridized carbons (Fsp3) is 0.867. The Morgan fingerprint density at radius 2 is 0.881 bits per heavy atom. The average Bonchev–Trinajstić information content (AvgIpc) is 2.92. The molecular formula is C30H56N4O8. The number of carbonyl (C=O) groups is 4. The number of hydroxylamine groups is 4. The molecular weight excluding hydrogens is 544 g/mol. The van der Waals surface area contributed by atoms with Crippen molar-refractivity contribution in [3.63, 3.8) is 0 Å². The highest BCUT2D eigenvalue weighted by molar-refractivity contribution is 5.78. The lowest BCUT2D eigenvalue weighted by atomic mass is 9.81. The number of hydrogen-bond acceptors (Lipinski definition) is 8. The first-order chi connectivity index (χ1) is 19.5. The highest BCUT2D eigenvalue weighted by atomic mass is 16.7. The predicted octanol–water partition coefficient (Wildman–Crippen LogP) is 4.67. The van der Waals surface area contributed by atoms with Gasteiger partial charge in [-0.25, -0.2) is 19.7 Å². The molecule has 0 saturated heterocycles. The van der Waals surface area contributed by atoms with Crippen molar-refractivity contribution in [3.8, 4) is 0 Å². The summed E-state index contributed by atoms with van der Waals surface area (Å²) in [7, 11) is 6.26. The van der Waals surface area contributed by atoms with Crippen LogP contribution in [0.1, 0.15) is 92.9 Å². The van der Waals surface area contributed by atoms with E-state index in [9.17, 15) is 19.2 Å². The van der Waals surface area contributed by atoms with Crippen LogP contribution in [0.2, 0.25) is 0 Å². The number of hydrogen-bond donors (Lipinski definition) is 2. The smallest absolute Gasteiger partial charge is 0.407 e. The topological polar surface area (TPSA) is 136 Å². The first kappa shape index (κ1) is 37.4. The van der Waals surface area contributed by atoms with Crippen LogP contribution >= 0.6 is 0 Å². The fourth-order valence-electron chi connectivity index (χ4n) is 5.00. The lowest BCUT2D eigenvalue weighted by molar-refractivity contribution is -0.175. The van der Waals surface area contributed by atoms with Gasteiger partial charge in [0.2, 0.25) is 11.8 Å². The van der Waals surface area contributed by atoms with Crippen molar-refractivity contribution in [2.45, 2.75) is 104 Å². The first-order valence-electron chi connectivity index (χ1n) is 15.0. The van der Waals surface area contributed by atoms with Crippen molar-refractivity contribution in [2.75, 3.05) is 41.4 Å². The Balaban J connectivity index is 0.000000420. The van der Waals surface area contributed by atoms with Gasteiger partial charge in [-0.1, -0.05) is 0 Å². The van der Waals surface area contributed by atoms with Gasteiger partial charge in [-0.2, -0.15) is 0 Å². The minimum atomic E-state index is -0.473. The van der Waals surface area contributed by atoms with E-state index in [1.165, 1.54) is 24.3 Å². The monoisotopic (exact) mass is 600 g/mol. The summed E-state index contributed by atoms with van der Waals surface area (Å²) in [6.07, 6.45) is 6.35. The van der Waals surface area contributed by atoms with Gasteiger partial charge in [-0.3, -0.25) is 19.3 Å². The van der Waals surface area contributed by atoms with E-state index in [1.807, 2.05) is 41.5 Å². The largest absolute Gasteiger partial charge is 0.444 e. The second kappa shape index (κ2) is 17.5. The Morgan fingerprint density at radius 1 is 0.595 bits per heavy atom. The Hall–Kier alpha value is -2.60. The third kappa shape index (κ3) is 15.0. The van der Waals surface area contributed by atoms with E-state index < -0.39 is 11.2 Å². The van der Waals surface area contributed by atoms with E-state index >= 15 is 0 Å². The highest BCUT2D eigenvalue weighted by Crippen LogP contribution is 2.30. The molecule has 0 unspecified atom stereocenters. The summed E-state index contributed by atoms with van der Waals surface area (Å²) >= 11 is 0. The van der Waals surface area contributed by atoms with E-state index in [-0.39, 0.29) is 35.8 Å². The molecule has 0 aliphatic heterocycles. The SMILES string of the molecule is CON(C)C(=O)C1CCC(CNC(=O)OC(C)(C)C)CC1.CON(C)C(=O)C1CCC(CNC(=O)OC(C)(C)C)CC1. The summed E-state index contributed by atoms with van der Waals surface area (Å²) in [6, 6.07) is 0. The van der Waals surface area contributed by atoms with Gasteiger partial charge in [0.05, 0.1) is 14.2 Å². The van der Waals surface area contributed by atoms with Crippen LogP contribution in [-0.2, 0) is 28.7 Å². The van der Waals surface area contributed by atoms with Crippen LogP contribution < -0.4 is 10.6 Å². The summed E-state index contributed by atoms with van der Waals surface area (Å²) in [5.41, 5.74) is -0.947. The second-order valence-corrected chi connectivity index (χ2v) is 13.2. The molecule has 0 heterocycles. The van der Waals surface area contributed by atoms with Gasteiger partial charge in [0.1, 0.15) is 11.2 Å². The van der Waals surface area contributed by atoms with Crippen molar-refractivity contribution in [1.82, 2.24) is 20.8 Å². The van der Waals surface area contributed by atoms with Gasteiger partial charge in [0, 0.05) is 39.0 Å². The standard InChI is InChI=1S/2C15H28N2O4/c2*1-15(2,3)21-14(19)16-10-11-6-8-12(9-7-11)13(18)17(4)20-5/h2*11-12H,6-10H2,1-5H3,(H,16,19).